The molecule has 0 aromatic carbocycles. The van der Waals surface area contributed by atoms with Crippen molar-refractivity contribution in [3.63, 3.8) is 0 Å². The van der Waals surface area contributed by atoms with Crippen LogP contribution in [0.5, 0.6) is 0 Å². The maximum atomic E-state index is 3.87. The molecule has 0 saturated heterocycles. The highest BCUT2D eigenvalue weighted by Crippen LogP contribution is 2.09. The molecule has 0 aliphatic heterocycles. The fourth-order valence-electron chi connectivity index (χ4n) is 0.537. The van der Waals surface area contributed by atoms with E-state index in [2.05, 4.69) is 10.2 Å². The number of hydrogen-bond acceptors (Lipinski definition) is 3. The summed E-state index contributed by atoms with van der Waals surface area (Å²) in [5.41, 5.74) is 1.16. The van der Waals surface area contributed by atoms with Crippen LogP contribution in [0.4, 0.5) is 0 Å². The highest BCUT2D eigenvalue weighted by molar-refractivity contribution is 7.98. The van der Waals surface area contributed by atoms with Crippen molar-refractivity contribution in [2.75, 3.05) is 6.26 Å². The van der Waals surface area contributed by atoms with Crippen LogP contribution >= 0.6 is 11.8 Å². The van der Waals surface area contributed by atoms with Crippen molar-refractivity contribution in [3.8, 4) is 0 Å². The van der Waals surface area contributed by atoms with E-state index in [9.17, 15) is 0 Å². The summed E-state index contributed by atoms with van der Waals surface area (Å²) in [5.74, 6) is 0. The number of nitrogens with zero attached hydrogens (tertiary/aromatic N) is 2. The van der Waals surface area contributed by atoms with Gasteiger partial charge < -0.3 is 0 Å². The van der Waals surface area contributed by atoms with Gasteiger partial charge in [-0.3, -0.25) is 0 Å². The normalized spacial score (nSPS) is 9.56. The first kappa shape index (κ1) is 6.55. The van der Waals surface area contributed by atoms with Crippen LogP contribution in [0.15, 0.2) is 17.3 Å². The molecule has 0 amide bonds. The van der Waals surface area contributed by atoms with Gasteiger partial charge in [0, 0.05) is 0 Å². The van der Waals surface area contributed by atoms with Gasteiger partial charge in [0.25, 0.3) is 0 Å². The standard InChI is InChI=1S/C6H8N2S/c1-5-3-6(9-2)8-7-4-5/h3-4H,1-2H3. The molecule has 0 spiro atoms. The van der Waals surface area contributed by atoms with Crippen molar-refractivity contribution >= 4 is 11.8 Å². The summed E-state index contributed by atoms with van der Waals surface area (Å²) >= 11 is 1.61. The van der Waals surface area contributed by atoms with Crippen molar-refractivity contribution in [3.05, 3.63) is 17.8 Å². The van der Waals surface area contributed by atoms with Crippen LogP contribution in [-0.2, 0) is 0 Å². The highest BCUT2D eigenvalue weighted by atomic mass is 32.2. The minimum atomic E-state index is 0.981. The van der Waals surface area contributed by atoms with Gasteiger partial charge in [-0.05, 0) is 24.8 Å². The molecule has 48 valence electrons. The molecule has 2 nitrogen and oxygen atoms in total. The average Bonchev–Trinajstić information content (AvgIpc) is 1.88. The Morgan fingerprint density at radius 2 is 2.33 bits per heavy atom. The monoisotopic (exact) mass is 140 g/mol. The van der Waals surface area contributed by atoms with Gasteiger partial charge in [0.05, 0.1) is 6.20 Å². The largest absolute Gasteiger partial charge is 0.158 e. The van der Waals surface area contributed by atoms with Gasteiger partial charge in [-0.2, -0.15) is 5.10 Å². The molecule has 0 radical (unpaired) electrons. The van der Waals surface area contributed by atoms with Gasteiger partial charge in [0.15, 0.2) is 0 Å². The third-order valence-electron chi connectivity index (χ3n) is 0.978. The Labute approximate surface area is 58.7 Å². The second kappa shape index (κ2) is 2.82. The molecule has 3 heteroatoms. The van der Waals surface area contributed by atoms with Gasteiger partial charge in [0.1, 0.15) is 5.03 Å². The fourth-order valence-corrected chi connectivity index (χ4v) is 0.970. The maximum absolute atomic E-state index is 3.87. The molecule has 0 fully saturated rings. The van der Waals surface area contributed by atoms with Gasteiger partial charge in [-0.25, -0.2) is 0 Å². The minimum absolute atomic E-state index is 0.981. The number of thioether (sulfide) groups is 1. The molecule has 0 N–H and O–H groups in total. The smallest absolute Gasteiger partial charge is 0.119 e. The number of rotatable bonds is 1. The number of aromatic nitrogens is 2. The van der Waals surface area contributed by atoms with Crippen molar-refractivity contribution < 1.29 is 0 Å². The van der Waals surface area contributed by atoms with Crippen molar-refractivity contribution in [1.29, 1.82) is 0 Å². The Hall–Kier alpha value is -0.570. The summed E-state index contributed by atoms with van der Waals surface area (Å²) in [4.78, 5) is 0. The van der Waals surface area contributed by atoms with Crippen LogP contribution in [0.25, 0.3) is 0 Å². The Morgan fingerprint density at radius 3 is 2.78 bits per heavy atom. The van der Waals surface area contributed by atoms with Crippen LogP contribution in [0.3, 0.4) is 0 Å². The van der Waals surface area contributed by atoms with E-state index in [-0.39, 0.29) is 0 Å². The van der Waals surface area contributed by atoms with E-state index in [1.54, 1.807) is 18.0 Å². The van der Waals surface area contributed by atoms with Crippen LogP contribution in [0, 0.1) is 6.92 Å². The lowest BCUT2D eigenvalue weighted by Gasteiger charge is -1.92. The lowest BCUT2D eigenvalue weighted by Crippen LogP contribution is -1.83. The van der Waals surface area contributed by atoms with Crippen molar-refractivity contribution in [1.82, 2.24) is 10.2 Å². The molecule has 0 unspecified atom stereocenters. The second-order valence-electron chi connectivity index (χ2n) is 1.78. The fraction of sp³-hybridized carbons (Fsp3) is 0.333. The van der Waals surface area contributed by atoms with Crippen LogP contribution in [0.1, 0.15) is 5.56 Å². The van der Waals surface area contributed by atoms with E-state index < -0.39 is 0 Å². The lowest BCUT2D eigenvalue weighted by atomic mass is 10.4. The molecule has 9 heavy (non-hydrogen) atoms. The Kier molecular flexibility index (Phi) is 2.05. The number of hydrogen-bond donors (Lipinski definition) is 0. The summed E-state index contributed by atoms with van der Waals surface area (Å²) in [5, 5.41) is 8.64. The third kappa shape index (κ3) is 1.68. The summed E-state index contributed by atoms with van der Waals surface area (Å²) in [7, 11) is 0. The van der Waals surface area contributed by atoms with E-state index in [0.29, 0.717) is 0 Å². The highest BCUT2D eigenvalue weighted by Gasteiger charge is 1.89. The molecule has 0 saturated carbocycles. The van der Waals surface area contributed by atoms with E-state index in [1.165, 1.54) is 0 Å². The zero-order chi connectivity index (χ0) is 6.69. The summed E-state index contributed by atoms with van der Waals surface area (Å²) in [6.07, 6.45) is 3.74. The zero-order valence-electron chi connectivity index (χ0n) is 5.46. The lowest BCUT2D eigenvalue weighted by molar-refractivity contribution is 0.918. The predicted octanol–water partition coefficient (Wildman–Crippen LogP) is 1.51. The van der Waals surface area contributed by atoms with E-state index >= 15 is 0 Å². The van der Waals surface area contributed by atoms with Gasteiger partial charge in [-0.15, -0.1) is 16.9 Å². The topological polar surface area (TPSA) is 25.8 Å². The third-order valence-corrected chi connectivity index (χ3v) is 1.60. The van der Waals surface area contributed by atoms with E-state index in [1.807, 2.05) is 19.2 Å². The molecule has 1 aromatic heterocycles. The maximum Gasteiger partial charge on any atom is 0.119 e. The Morgan fingerprint density at radius 1 is 1.56 bits per heavy atom. The summed E-state index contributed by atoms with van der Waals surface area (Å²) < 4.78 is 0. The Bertz CT molecular complexity index is 200. The zero-order valence-corrected chi connectivity index (χ0v) is 6.27. The first-order chi connectivity index (χ1) is 4.33. The van der Waals surface area contributed by atoms with E-state index in [0.717, 1.165) is 10.6 Å². The van der Waals surface area contributed by atoms with Crippen LogP contribution in [-0.4, -0.2) is 16.5 Å². The predicted molar refractivity (Wildman–Crippen MR) is 38.6 cm³/mol. The van der Waals surface area contributed by atoms with Crippen LogP contribution < -0.4 is 0 Å². The van der Waals surface area contributed by atoms with Crippen molar-refractivity contribution in [2.45, 2.75) is 11.9 Å². The SMILES string of the molecule is CSc1cc(C)cnn1. The van der Waals surface area contributed by atoms with Crippen LogP contribution in [0.2, 0.25) is 0 Å². The van der Waals surface area contributed by atoms with Crippen molar-refractivity contribution in [2.24, 2.45) is 0 Å². The molecular formula is C6H8N2S. The first-order valence-electron chi connectivity index (χ1n) is 2.66. The molecule has 0 aliphatic rings. The van der Waals surface area contributed by atoms with Gasteiger partial charge in [-0.1, -0.05) is 0 Å². The number of aryl methyl sites for hydroxylation is 1. The quantitative estimate of drug-likeness (QED) is 0.553. The summed E-state index contributed by atoms with van der Waals surface area (Å²) in [6.45, 7) is 2.01. The van der Waals surface area contributed by atoms with Gasteiger partial charge in [0.2, 0.25) is 0 Å². The molecule has 0 aliphatic carbocycles. The minimum Gasteiger partial charge on any atom is -0.158 e. The molecule has 0 bridgehead atoms. The molecule has 1 rings (SSSR count). The van der Waals surface area contributed by atoms with E-state index in [4.69, 9.17) is 0 Å². The molecule has 1 heterocycles. The Balaban J connectivity index is 2.94. The molecule has 0 atom stereocenters. The average molecular weight is 140 g/mol. The molecular weight excluding hydrogens is 132 g/mol. The molecule has 1 aromatic rings. The second-order valence-corrected chi connectivity index (χ2v) is 2.60. The summed E-state index contributed by atoms with van der Waals surface area (Å²) in [6, 6.07) is 2.01. The first-order valence-corrected chi connectivity index (χ1v) is 3.88. The van der Waals surface area contributed by atoms with Gasteiger partial charge >= 0.3 is 0 Å².